The van der Waals surface area contributed by atoms with Crippen LogP contribution in [0.2, 0.25) is 0 Å². The van der Waals surface area contributed by atoms with Gasteiger partial charge in [0.25, 0.3) is 0 Å². The molecule has 0 saturated heterocycles. The Bertz CT molecular complexity index is 1310. The molecule has 9 heteroatoms. The number of carbonyl (C=O) groups is 1. The molecule has 0 fully saturated rings. The summed E-state index contributed by atoms with van der Waals surface area (Å²) in [7, 11) is 6.31. The fraction of sp³-hybridized carbons (Fsp3) is 0.192. The molecule has 0 unspecified atom stereocenters. The minimum Gasteiger partial charge on any atom is -0.493 e. The number of benzene rings is 2. The molecule has 35 heavy (non-hydrogen) atoms. The molecule has 0 spiro atoms. The second-order valence-corrected chi connectivity index (χ2v) is 7.70. The molecule has 1 amide bonds. The first-order valence-electron chi connectivity index (χ1n) is 10.8. The quantitative estimate of drug-likeness (QED) is 0.403. The lowest BCUT2D eigenvalue weighted by atomic mass is 10.0. The Morgan fingerprint density at radius 2 is 1.57 bits per heavy atom. The number of rotatable bonds is 8. The zero-order valence-corrected chi connectivity index (χ0v) is 19.8. The summed E-state index contributed by atoms with van der Waals surface area (Å²) in [6.45, 7) is 0. The van der Waals surface area contributed by atoms with Crippen LogP contribution >= 0.6 is 0 Å². The fourth-order valence-electron chi connectivity index (χ4n) is 3.87. The average molecular weight is 477 g/mol. The van der Waals surface area contributed by atoms with E-state index in [1.165, 1.54) is 33.5 Å². The molecule has 2 aromatic heterocycles. The number of nitrogens with zero attached hydrogens (tertiary/aromatic N) is 3. The summed E-state index contributed by atoms with van der Waals surface area (Å²) in [5, 5.41) is 7.61. The van der Waals surface area contributed by atoms with Crippen molar-refractivity contribution in [3.8, 4) is 39.6 Å². The van der Waals surface area contributed by atoms with Gasteiger partial charge in [0, 0.05) is 25.0 Å². The Labute approximate surface area is 202 Å². The van der Waals surface area contributed by atoms with Crippen LogP contribution in [-0.4, -0.2) is 42.0 Å². The van der Waals surface area contributed by atoms with Gasteiger partial charge in [0.15, 0.2) is 11.5 Å². The molecular formula is C26H25FN4O4. The fourth-order valence-corrected chi connectivity index (χ4v) is 3.87. The van der Waals surface area contributed by atoms with Gasteiger partial charge in [0.1, 0.15) is 17.3 Å². The van der Waals surface area contributed by atoms with Crippen molar-refractivity contribution < 1.29 is 23.4 Å². The SMILES string of the molecule is COc1cc(CC(=O)Nc2c(-c3ccncc3)c(-c3ccc(F)cc3)nn2C)cc(OC)c1OC. The lowest BCUT2D eigenvalue weighted by Gasteiger charge is -2.14. The highest BCUT2D eigenvalue weighted by molar-refractivity contribution is 5.99. The van der Waals surface area contributed by atoms with Crippen molar-refractivity contribution in [2.45, 2.75) is 6.42 Å². The number of halogens is 1. The smallest absolute Gasteiger partial charge is 0.229 e. The van der Waals surface area contributed by atoms with Crippen LogP contribution in [0.5, 0.6) is 17.2 Å². The summed E-state index contributed by atoms with van der Waals surface area (Å²) < 4.78 is 31.3. The third-order valence-electron chi connectivity index (χ3n) is 5.48. The molecule has 0 bridgehead atoms. The van der Waals surface area contributed by atoms with E-state index in [0.717, 1.165) is 11.1 Å². The van der Waals surface area contributed by atoms with Crippen molar-refractivity contribution in [3.05, 3.63) is 72.3 Å². The van der Waals surface area contributed by atoms with E-state index >= 15 is 0 Å². The molecule has 0 aliphatic rings. The average Bonchev–Trinajstić information content (AvgIpc) is 3.19. The maximum absolute atomic E-state index is 13.5. The second kappa shape index (κ2) is 10.3. The Kier molecular flexibility index (Phi) is 6.96. The molecule has 0 radical (unpaired) electrons. The number of pyridine rings is 1. The maximum Gasteiger partial charge on any atom is 0.229 e. The predicted molar refractivity (Wildman–Crippen MR) is 130 cm³/mol. The van der Waals surface area contributed by atoms with Crippen LogP contribution in [0, 0.1) is 5.82 Å². The zero-order valence-electron chi connectivity index (χ0n) is 19.8. The van der Waals surface area contributed by atoms with Gasteiger partial charge >= 0.3 is 0 Å². The van der Waals surface area contributed by atoms with Crippen LogP contribution in [-0.2, 0) is 18.3 Å². The number of nitrogens with one attached hydrogen (secondary N) is 1. The van der Waals surface area contributed by atoms with Crippen LogP contribution in [0.1, 0.15) is 5.56 Å². The predicted octanol–water partition coefficient (Wildman–Crippen LogP) is 4.50. The van der Waals surface area contributed by atoms with Crippen molar-refractivity contribution in [3.63, 3.8) is 0 Å². The summed E-state index contributed by atoms with van der Waals surface area (Å²) in [5.74, 6) is 1.29. The minimum absolute atomic E-state index is 0.0591. The standard InChI is InChI=1S/C26H25FN4O4/c1-31-26(29-22(32)15-16-13-20(33-2)25(35-4)21(14-16)34-3)23(17-9-11-28-12-10-17)24(30-31)18-5-7-19(27)8-6-18/h5-14H,15H2,1-4H3,(H,29,32). The van der Waals surface area contributed by atoms with Gasteiger partial charge in [-0.25, -0.2) is 4.39 Å². The second-order valence-electron chi connectivity index (χ2n) is 7.70. The third-order valence-corrected chi connectivity index (χ3v) is 5.48. The largest absolute Gasteiger partial charge is 0.493 e. The number of aryl methyl sites for hydroxylation is 1. The lowest BCUT2D eigenvalue weighted by molar-refractivity contribution is -0.115. The normalized spacial score (nSPS) is 10.7. The topological polar surface area (TPSA) is 87.5 Å². The van der Waals surface area contributed by atoms with Crippen LogP contribution in [0.3, 0.4) is 0 Å². The van der Waals surface area contributed by atoms with Crippen molar-refractivity contribution in [2.24, 2.45) is 7.05 Å². The Balaban J connectivity index is 1.70. The molecule has 2 heterocycles. The first-order chi connectivity index (χ1) is 16.9. The molecule has 2 aromatic carbocycles. The van der Waals surface area contributed by atoms with Crippen molar-refractivity contribution in [1.82, 2.24) is 14.8 Å². The molecule has 0 saturated carbocycles. The van der Waals surface area contributed by atoms with Crippen LogP contribution in [0.4, 0.5) is 10.2 Å². The first kappa shape index (κ1) is 23.7. The number of amides is 1. The van der Waals surface area contributed by atoms with Gasteiger partial charge < -0.3 is 19.5 Å². The lowest BCUT2D eigenvalue weighted by Crippen LogP contribution is -2.17. The molecule has 0 aliphatic carbocycles. The van der Waals surface area contributed by atoms with Gasteiger partial charge in [-0.2, -0.15) is 5.10 Å². The highest BCUT2D eigenvalue weighted by Gasteiger charge is 2.22. The van der Waals surface area contributed by atoms with Crippen molar-refractivity contribution in [1.29, 1.82) is 0 Å². The number of aromatic nitrogens is 3. The number of ether oxygens (including phenoxy) is 3. The molecule has 0 aliphatic heterocycles. The minimum atomic E-state index is -0.339. The molecule has 180 valence electrons. The van der Waals surface area contributed by atoms with Crippen LogP contribution in [0.25, 0.3) is 22.4 Å². The van der Waals surface area contributed by atoms with Gasteiger partial charge in [0.05, 0.1) is 33.3 Å². The third kappa shape index (κ3) is 4.93. The van der Waals surface area contributed by atoms with E-state index in [4.69, 9.17) is 14.2 Å². The summed E-state index contributed by atoms with van der Waals surface area (Å²) in [6, 6.07) is 13.2. The number of carbonyl (C=O) groups excluding carboxylic acids is 1. The van der Waals surface area contributed by atoms with E-state index in [1.54, 1.807) is 48.4 Å². The first-order valence-corrected chi connectivity index (χ1v) is 10.8. The van der Waals surface area contributed by atoms with Gasteiger partial charge in [0.2, 0.25) is 11.7 Å². The molecule has 4 rings (SSSR count). The zero-order chi connectivity index (χ0) is 24.9. The van der Waals surface area contributed by atoms with Crippen molar-refractivity contribution in [2.75, 3.05) is 26.6 Å². The number of hydrogen-bond acceptors (Lipinski definition) is 6. The Hall–Kier alpha value is -4.40. The summed E-state index contributed by atoms with van der Waals surface area (Å²) >= 11 is 0. The van der Waals surface area contributed by atoms with Gasteiger partial charge in [-0.15, -0.1) is 0 Å². The Morgan fingerprint density at radius 1 is 0.943 bits per heavy atom. The highest BCUT2D eigenvalue weighted by atomic mass is 19.1. The van der Waals surface area contributed by atoms with Gasteiger partial charge in [-0.3, -0.25) is 14.5 Å². The molecule has 4 aromatic rings. The summed E-state index contributed by atoms with van der Waals surface area (Å²) in [5.41, 5.74) is 3.54. The molecule has 1 N–H and O–H groups in total. The Morgan fingerprint density at radius 3 is 2.14 bits per heavy atom. The van der Waals surface area contributed by atoms with Gasteiger partial charge in [-0.05, 0) is 59.7 Å². The van der Waals surface area contributed by atoms with Crippen LogP contribution < -0.4 is 19.5 Å². The van der Waals surface area contributed by atoms with Crippen molar-refractivity contribution >= 4 is 11.7 Å². The van der Waals surface area contributed by atoms with E-state index in [0.29, 0.717) is 39.9 Å². The maximum atomic E-state index is 13.5. The van der Waals surface area contributed by atoms with E-state index < -0.39 is 0 Å². The molecule has 0 atom stereocenters. The summed E-state index contributed by atoms with van der Waals surface area (Å²) in [4.78, 5) is 17.2. The number of methoxy groups -OCH3 is 3. The van der Waals surface area contributed by atoms with E-state index in [2.05, 4.69) is 15.4 Å². The van der Waals surface area contributed by atoms with Crippen LogP contribution in [0.15, 0.2) is 60.9 Å². The molecular weight excluding hydrogens is 451 g/mol. The summed E-state index contributed by atoms with van der Waals surface area (Å²) in [6.07, 6.45) is 3.39. The molecule has 8 nitrogen and oxygen atoms in total. The van der Waals surface area contributed by atoms with E-state index in [1.807, 2.05) is 12.1 Å². The number of hydrogen-bond donors (Lipinski definition) is 1. The highest BCUT2D eigenvalue weighted by Crippen LogP contribution is 2.39. The monoisotopic (exact) mass is 476 g/mol. The van der Waals surface area contributed by atoms with E-state index in [-0.39, 0.29) is 18.1 Å². The van der Waals surface area contributed by atoms with E-state index in [9.17, 15) is 9.18 Å². The number of anilines is 1. The van der Waals surface area contributed by atoms with Gasteiger partial charge in [-0.1, -0.05) is 0 Å².